The Hall–Kier alpha value is -1.29. The second-order valence-corrected chi connectivity index (χ2v) is 5.36. The van der Waals surface area contributed by atoms with Gasteiger partial charge in [0.05, 0.1) is 6.61 Å². The Balaban J connectivity index is 1.83. The minimum absolute atomic E-state index is 0.580. The van der Waals surface area contributed by atoms with E-state index in [-0.39, 0.29) is 0 Å². The number of nitrogens with zero attached hydrogens (tertiary/aromatic N) is 2. The normalized spacial score (nSPS) is 26.9. The summed E-state index contributed by atoms with van der Waals surface area (Å²) in [6, 6.07) is 5.19. The van der Waals surface area contributed by atoms with Crippen molar-refractivity contribution in [2.45, 2.75) is 44.7 Å². The molecule has 0 bridgehead atoms. The molecule has 0 aliphatic carbocycles. The maximum Gasteiger partial charge on any atom is 0.171 e. The average Bonchev–Trinajstić information content (AvgIpc) is 3.10. The zero-order chi connectivity index (χ0) is 13.1. The van der Waals surface area contributed by atoms with Crippen molar-refractivity contribution < 1.29 is 4.74 Å². The molecule has 19 heavy (non-hydrogen) atoms. The molecular weight excluding hydrogens is 238 g/mol. The van der Waals surface area contributed by atoms with Gasteiger partial charge in [0.2, 0.25) is 0 Å². The van der Waals surface area contributed by atoms with Gasteiger partial charge in [0.25, 0.3) is 0 Å². The van der Waals surface area contributed by atoms with E-state index in [9.17, 15) is 0 Å². The fourth-order valence-corrected chi connectivity index (χ4v) is 3.38. The molecule has 2 aliphatic heterocycles. The Morgan fingerprint density at radius 1 is 1.42 bits per heavy atom. The fourth-order valence-electron chi connectivity index (χ4n) is 3.38. The maximum atomic E-state index is 5.74. The Morgan fingerprint density at radius 3 is 3.16 bits per heavy atom. The van der Waals surface area contributed by atoms with Gasteiger partial charge in [-0.15, -0.1) is 0 Å². The first-order valence-electron chi connectivity index (χ1n) is 7.48. The van der Waals surface area contributed by atoms with Gasteiger partial charge in [0.1, 0.15) is 0 Å². The van der Waals surface area contributed by atoms with E-state index in [1.807, 2.05) is 25.3 Å². The first kappa shape index (κ1) is 12.7. The van der Waals surface area contributed by atoms with Crippen molar-refractivity contribution in [3.8, 4) is 5.75 Å². The van der Waals surface area contributed by atoms with Crippen LogP contribution < -0.4 is 15.0 Å². The monoisotopic (exact) mass is 261 g/mol. The highest BCUT2D eigenvalue weighted by molar-refractivity contribution is 5.54. The van der Waals surface area contributed by atoms with E-state index in [1.165, 1.54) is 25.7 Å². The Morgan fingerprint density at radius 2 is 2.37 bits per heavy atom. The zero-order valence-electron chi connectivity index (χ0n) is 11.6. The molecule has 0 aromatic carbocycles. The standard InChI is InChI=1S/C15H23N3O/c1-2-19-14-8-4-10-17-15(14)18-11-5-7-13(18)12-6-3-9-16-12/h4,8,10,12-13,16H,2-3,5-7,9,11H2,1H3. The van der Waals surface area contributed by atoms with Gasteiger partial charge in [-0.1, -0.05) is 0 Å². The van der Waals surface area contributed by atoms with Gasteiger partial charge in [-0.05, 0) is 51.3 Å². The van der Waals surface area contributed by atoms with Crippen LogP contribution in [0.1, 0.15) is 32.6 Å². The summed E-state index contributed by atoms with van der Waals surface area (Å²) in [5.41, 5.74) is 0. The number of hydrogen-bond donors (Lipinski definition) is 1. The molecule has 3 heterocycles. The molecule has 1 aromatic heterocycles. The summed E-state index contributed by atoms with van der Waals surface area (Å²) in [6.07, 6.45) is 6.98. The molecule has 2 fully saturated rings. The van der Waals surface area contributed by atoms with Crippen LogP contribution in [0.2, 0.25) is 0 Å². The van der Waals surface area contributed by atoms with Crippen LogP contribution in [0.5, 0.6) is 5.75 Å². The molecule has 0 spiro atoms. The van der Waals surface area contributed by atoms with Crippen molar-refractivity contribution in [1.82, 2.24) is 10.3 Å². The smallest absolute Gasteiger partial charge is 0.171 e. The molecule has 4 heteroatoms. The van der Waals surface area contributed by atoms with E-state index >= 15 is 0 Å². The number of pyridine rings is 1. The summed E-state index contributed by atoms with van der Waals surface area (Å²) in [7, 11) is 0. The predicted molar refractivity (Wildman–Crippen MR) is 76.8 cm³/mol. The maximum absolute atomic E-state index is 5.74. The lowest BCUT2D eigenvalue weighted by atomic mass is 10.0. The third-order valence-electron chi connectivity index (χ3n) is 4.18. The highest BCUT2D eigenvalue weighted by Gasteiger charge is 2.35. The lowest BCUT2D eigenvalue weighted by molar-refractivity contribution is 0.337. The molecule has 1 aromatic rings. The summed E-state index contributed by atoms with van der Waals surface area (Å²) in [5, 5.41) is 3.64. The number of anilines is 1. The number of rotatable bonds is 4. The minimum Gasteiger partial charge on any atom is -0.490 e. The highest BCUT2D eigenvalue weighted by Crippen LogP contribution is 2.34. The quantitative estimate of drug-likeness (QED) is 0.901. The van der Waals surface area contributed by atoms with Gasteiger partial charge in [0, 0.05) is 24.8 Å². The van der Waals surface area contributed by atoms with Crippen molar-refractivity contribution in [3.05, 3.63) is 18.3 Å². The third kappa shape index (κ3) is 2.54. The minimum atomic E-state index is 0.580. The van der Waals surface area contributed by atoms with E-state index in [1.54, 1.807) is 0 Å². The molecule has 3 rings (SSSR count). The SMILES string of the molecule is CCOc1cccnc1N1CCCC1C1CCCN1. The molecule has 2 saturated heterocycles. The molecule has 2 atom stereocenters. The number of hydrogen-bond acceptors (Lipinski definition) is 4. The second kappa shape index (κ2) is 5.78. The molecule has 0 radical (unpaired) electrons. The van der Waals surface area contributed by atoms with Gasteiger partial charge in [-0.2, -0.15) is 0 Å². The molecule has 1 N–H and O–H groups in total. The number of aromatic nitrogens is 1. The van der Waals surface area contributed by atoms with E-state index in [2.05, 4.69) is 15.2 Å². The van der Waals surface area contributed by atoms with Gasteiger partial charge < -0.3 is 15.0 Å². The van der Waals surface area contributed by atoms with Crippen LogP contribution in [0, 0.1) is 0 Å². The summed E-state index contributed by atoms with van der Waals surface area (Å²) in [4.78, 5) is 7.03. The zero-order valence-corrected chi connectivity index (χ0v) is 11.6. The van der Waals surface area contributed by atoms with Crippen molar-refractivity contribution >= 4 is 5.82 Å². The molecule has 0 amide bonds. The molecule has 2 unspecified atom stereocenters. The summed E-state index contributed by atoms with van der Waals surface area (Å²) in [5.74, 6) is 1.95. The molecule has 2 aliphatic rings. The van der Waals surface area contributed by atoms with Gasteiger partial charge in [0.15, 0.2) is 11.6 Å². The van der Waals surface area contributed by atoms with Crippen molar-refractivity contribution in [3.63, 3.8) is 0 Å². The van der Waals surface area contributed by atoms with E-state index in [0.717, 1.165) is 24.7 Å². The molecule has 104 valence electrons. The lowest BCUT2D eigenvalue weighted by Crippen LogP contribution is -2.44. The van der Waals surface area contributed by atoms with Gasteiger partial charge in [-0.25, -0.2) is 4.98 Å². The summed E-state index contributed by atoms with van der Waals surface area (Å²) < 4.78 is 5.74. The van der Waals surface area contributed by atoms with Crippen LogP contribution in [-0.4, -0.2) is 36.8 Å². The highest BCUT2D eigenvalue weighted by atomic mass is 16.5. The first-order valence-corrected chi connectivity index (χ1v) is 7.48. The van der Waals surface area contributed by atoms with Gasteiger partial charge >= 0.3 is 0 Å². The van der Waals surface area contributed by atoms with Crippen LogP contribution in [0.15, 0.2) is 18.3 Å². The second-order valence-electron chi connectivity index (χ2n) is 5.36. The van der Waals surface area contributed by atoms with Crippen LogP contribution in [-0.2, 0) is 0 Å². The number of ether oxygens (including phenoxy) is 1. The average molecular weight is 261 g/mol. The number of nitrogens with one attached hydrogen (secondary N) is 1. The lowest BCUT2D eigenvalue weighted by Gasteiger charge is -2.31. The largest absolute Gasteiger partial charge is 0.490 e. The fraction of sp³-hybridized carbons (Fsp3) is 0.667. The van der Waals surface area contributed by atoms with Crippen molar-refractivity contribution in [1.29, 1.82) is 0 Å². The molecule has 4 nitrogen and oxygen atoms in total. The third-order valence-corrected chi connectivity index (χ3v) is 4.18. The predicted octanol–water partition coefficient (Wildman–Crippen LogP) is 2.20. The topological polar surface area (TPSA) is 37.4 Å². The Kier molecular flexibility index (Phi) is 3.87. The van der Waals surface area contributed by atoms with E-state index in [0.29, 0.717) is 18.7 Å². The van der Waals surface area contributed by atoms with Crippen LogP contribution in [0.25, 0.3) is 0 Å². The summed E-state index contributed by atoms with van der Waals surface area (Å²) >= 11 is 0. The van der Waals surface area contributed by atoms with Crippen LogP contribution >= 0.6 is 0 Å². The van der Waals surface area contributed by atoms with Crippen LogP contribution in [0.4, 0.5) is 5.82 Å². The molecular formula is C15H23N3O. The first-order chi connectivity index (χ1) is 9.40. The van der Waals surface area contributed by atoms with Crippen LogP contribution in [0.3, 0.4) is 0 Å². The Bertz CT molecular complexity index is 418. The van der Waals surface area contributed by atoms with Crippen molar-refractivity contribution in [2.75, 3.05) is 24.6 Å². The van der Waals surface area contributed by atoms with Gasteiger partial charge in [-0.3, -0.25) is 0 Å². The Labute approximate surface area is 115 Å². The van der Waals surface area contributed by atoms with Crippen molar-refractivity contribution in [2.24, 2.45) is 0 Å². The molecule has 0 saturated carbocycles. The summed E-state index contributed by atoms with van der Waals surface area (Å²) in [6.45, 7) is 4.98. The van der Waals surface area contributed by atoms with E-state index < -0.39 is 0 Å². The van der Waals surface area contributed by atoms with E-state index in [4.69, 9.17) is 4.74 Å².